The number of nitrogens with one attached hydrogen (secondary N) is 1. The van der Waals surface area contributed by atoms with Crippen molar-refractivity contribution < 1.29 is 9.84 Å². The minimum absolute atomic E-state index is 0.158. The first-order chi connectivity index (χ1) is 11.2. The van der Waals surface area contributed by atoms with Crippen LogP contribution in [0.3, 0.4) is 0 Å². The number of H-pyrrole nitrogens is 1. The largest absolute Gasteiger partial charge is 0.479 e. The summed E-state index contributed by atoms with van der Waals surface area (Å²) in [5, 5.41) is 11.0. The molecular weight excluding hydrogens is 294 g/mol. The molecule has 0 aliphatic carbocycles. The SMILES string of the molecule is C[C@H]1COCCN1c1nc(O)nc(-c2ccc3[nH]ccc3c2)n1. The van der Waals surface area contributed by atoms with Crippen molar-refractivity contribution >= 4 is 16.9 Å². The van der Waals surface area contributed by atoms with Gasteiger partial charge in [-0.1, -0.05) is 0 Å². The van der Waals surface area contributed by atoms with E-state index in [2.05, 4.69) is 19.9 Å². The minimum Gasteiger partial charge on any atom is -0.479 e. The van der Waals surface area contributed by atoms with E-state index in [1.807, 2.05) is 42.3 Å². The van der Waals surface area contributed by atoms with Gasteiger partial charge in [-0.2, -0.15) is 15.0 Å². The van der Waals surface area contributed by atoms with Crippen molar-refractivity contribution in [1.82, 2.24) is 19.9 Å². The average molecular weight is 311 g/mol. The van der Waals surface area contributed by atoms with Crippen LogP contribution in [0.2, 0.25) is 0 Å². The monoisotopic (exact) mass is 311 g/mol. The highest BCUT2D eigenvalue weighted by Gasteiger charge is 2.23. The number of hydrogen-bond acceptors (Lipinski definition) is 6. The first-order valence-electron chi connectivity index (χ1n) is 7.57. The number of rotatable bonds is 2. The van der Waals surface area contributed by atoms with Crippen LogP contribution in [0, 0.1) is 0 Å². The van der Waals surface area contributed by atoms with Crippen LogP contribution in [0.1, 0.15) is 6.92 Å². The van der Waals surface area contributed by atoms with Crippen LogP contribution < -0.4 is 4.90 Å². The predicted molar refractivity (Wildman–Crippen MR) is 86.4 cm³/mol. The van der Waals surface area contributed by atoms with Gasteiger partial charge >= 0.3 is 6.01 Å². The topological polar surface area (TPSA) is 87.2 Å². The van der Waals surface area contributed by atoms with Crippen LogP contribution in [-0.4, -0.2) is 50.8 Å². The highest BCUT2D eigenvalue weighted by atomic mass is 16.5. The summed E-state index contributed by atoms with van der Waals surface area (Å²) in [5.41, 5.74) is 1.89. The van der Waals surface area contributed by atoms with Gasteiger partial charge in [0.1, 0.15) is 0 Å². The third kappa shape index (κ3) is 2.59. The van der Waals surface area contributed by atoms with Crippen molar-refractivity contribution in [2.45, 2.75) is 13.0 Å². The van der Waals surface area contributed by atoms with E-state index >= 15 is 0 Å². The second-order valence-electron chi connectivity index (χ2n) is 5.66. The Balaban J connectivity index is 1.76. The third-order valence-corrected chi connectivity index (χ3v) is 4.05. The van der Waals surface area contributed by atoms with Gasteiger partial charge in [0, 0.05) is 29.2 Å². The van der Waals surface area contributed by atoms with Gasteiger partial charge in [-0.25, -0.2) is 0 Å². The Morgan fingerprint density at radius 2 is 2.17 bits per heavy atom. The maximum absolute atomic E-state index is 9.92. The van der Waals surface area contributed by atoms with Gasteiger partial charge in [-0.15, -0.1) is 0 Å². The molecule has 23 heavy (non-hydrogen) atoms. The molecule has 3 aromatic rings. The van der Waals surface area contributed by atoms with Gasteiger partial charge in [0.05, 0.1) is 19.3 Å². The molecule has 7 heteroatoms. The minimum atomic E-state index is -0.266. The number of anilines is 1. The summed E-state index contributed by atoms with van der Waals surface area (Å²) in [5.74, 6) is 0.951. The third-order valence-electron chi connectivity index (χ3n) is 4.05. The molecule has 7 nitrogen and oxygen atoms in total. The molecule has 1 aliphatic rings. The van der Waals surface area contributed by atoms with E-state index < -0.39 is 0 Å². The summed E-state index contributed by atoms with van der Waals surface area (Å²) in [4.78, 5) is 17.9. The summed E-state index contributed by atoms with van der Waals surface area (Å²) in [6.45, 7) is 3.99. The second kappa shape index (κ2) is 5.51. The van der Waals surface area contributed by atoms with Gasteiger partial charge in [-0.05, 0) is 31.2 Å². The van der Waals surface area contributed by atoms with Crippen LogP contribution in [0.15, 0.2) is 30.5 Å². The normalized spacial score (nSPS) is 18.5. The number of benzene rings is 1. The zero-order valence-electron chi connectivity index (χ0n) is 12.7. The zero-order chi connectivity index (χ0) is 15.8. The summed E-state index contributed by atoms with van der Waals surface area (Å²) in [7, 11) is 0. The molecule has 2 N–H and O–H groups in total. The van der Waals surface area contributed by atoms with Crippen LogP contribution in [-0.2, 0) is 4.74 Å². The summed E-state index contributed by atoms with van der Waals surface area (Å²) in [6.07, 6.45) is 1.89. The Morgan fingerprint density at radius 3 is 3.04 bits per heavy atom. The van der Waals surface area contributed by atoms with E-state index in [0.717, 1.165) is 16.5 Å². The fourth-order valence-electron chi connectivity index (χ4n) is 2.83. The first kappa shape index (κ1) is 14.0. The molecule has 2 aromatic heterocycles. The van der Waals surface area contributed by atoms with Gasteiger partial charge in [0.15, 0.2) is 5.82 Å². The van der Waals surface area contributed by atoms with Crippen LogP contribution in [0.25, 0.3) is 22.3 Å². The molecule has 0 bridgehead atoms. The number of nitrogens with zero attached hydrogens (tertiary/aromatic N) is 4. The van der Waals surface area contributed by atoms with E-state index in [1.165, 1.54) is 0 Å². The van der Waals surface area contributed by atoms with E-state index in [1.54, 1.807) is 0 Å². The lowest BCUT2D eigenvalue weighted by Crippen LogP contribution is -2.44. The first-order valence-corrected chi connectivity index (χ1v) is 7.57. The molecule has 0 unspecified atom stereocenters. The number of fused-ring (bicyclic) bond motifs is 1. The van der Waals surface area contributed by atoms with Crippen LogP contribution in [0.5, 0.6) is 6.01 Å². The fourth-order valence-corrected chi connectivity index (χ4v) is 2.83. The molecule has 1 aliphatic heterocycles. The van der Waals surface area contributed by atoms with E-state index in [9.17, 15) is 5.11 Å². The lowest BCUT2D eigenvalue weighted by atomic mass is 10.1. The lowest BCUT2D eigenvalue weighted by molar-refractivity contribution is 0.0980. The summed E-state index contributed by atoms with van der Waals surface area (Å²) in [6, 6.07) is 7.78. The maximum atomic E-state index is 9.92. The number of aromatic hydroxyl groups is 1. The second-order valence-corrected chi connectivity index (χ2v) is 5.66. The van der Waals surface area contributed by atoms with Crippen LogP contribution >= 0.6 is 0 Å². The number of morpholine rings is 1. The highest BCUT2D eigenvalue weighted by molar-refractivity contribution is 5.83. The summed E-state index contributed by atoms with van der Waals surface area (Å²) < 4.78 is 5.44. The molecule has 0 spiro atoms. The van der Waals surface area contributed by atoms with Crippen molar-refractivity contribution in [3.63, 3.8) is 0 Å². The van der Waals surface area contributed by atoms with Gasteiger partial charge in [-0.3, -0.25) is 0 Å². The molecule has 118 valence electrons. The van der Waals surface area contributed by atoms with E-state index in [0.29, 0.717) is 31.5 Å². The maximum Gasteiger partial charge on any atom is 0.319 e. The standard InChI is InChI=1S/C16H17N5O2/c1-10-9-23-7-6-21(10)15-18-14(19-16(22)20-15)12-2-3-13-11(8-12)4-5-17-13/h2-5,8,10,17H,6-7,9H2,1H3,(H,18,19,20,22)/t10-/m0/s1. The van der Waals surface area contributed by atoms with Gasteiger partial charge < -0.3 is 19.7 Å². The van der Waals surface area contributed by atoms with Gasteiger partial charge in [0.2, 0.25) is 5.95 Å². The Hall–Kier alpha value is -2.67. The van der Waals surface area contributed by atoms with E-state index in [4.69, 9.17) is 4.74 Å². The number of ether oxygens (including phenoxy) is 1. The number of aromatic amines is 1. The molecular formula is C16H17N5O2. The Labute approximate surface area is 133 Å². The Kier molecular flexibility index (Phi) is 3.34. The van der Waals surface area contributed by atoms with Crippen LogP contribution in [0.4, 0.5) is 5.95 Å². The Bertz CT molecular complexity index is 847. The molecule has 1 saturated heterocycles. The molecule has 1 aromatic carbocycles. The smallest absolute Gasteiger partial charge is 0.319 e. The van der Waals surface area contributed by atoms with Crippen molar-refractivity contribution in [1.29, 1.82) is 0 Å². The molecule has 1 atom stereocenters. The molecule has 4 rings (SSSR count). The lowest BCUT2D eigenvalue weighted by Gasteiger charge is -2.33. The molecule has 0 saturated carbocycles. The molecule has 3 heterocycles. The van der Waals surface area contributed by atoms with Crippen molar-refractivity contribution in [3.8, 4) is 17.4 Å². The van der Waals surface area contributed by atoms with Gasteiger partial charge in [0.25, 0.3) is 0 Å². The van der Waals surface area contributed by atoms with E-state index in [-0.39, 0.29) is 12.1 Å². The average Bonchev–Trinajstić information content (AvgIpc) is 3.02. The van der Waals surface area contributed by atoms with Crippen molar-refractivity contribution in [2.24, 2.45) is 0 Å². The van der Waals surface area contributed by atoms with Crippen molar-refractivity contribution in [2.75, 3.05) is 24.7 Å². The fraction of sp³-hybridized carbons (Fsp3) is 0.312. The molecule has 0 amide bonds. The summed E-state index contributed by atoms with van der Waals surface area (Å²) >= 11 is 0. The quantitative estimate of drug-likeness (QED) is 0.752. The molecule has 1 fully saturated rings. The molecule has 0 radical (unpaired) electrons. The predicted octanol–water partition coefficient (Wildman–Crippen LogP) is 1.95. The zero-order valence-corrected chi connectivity index (χ0v) is 12.7. The van der Waals surface area contributed by atoms with Crippen molar-refractivity contribution in [3.05, 3.63) is 30.5 Å². The Morgan fingerprint density at radius 1 is 1.26 bits per heavy atom. The highest BCUT2D eigenvalue weighted by Crippen LogP contribution is 2.25. The number of hydrogen-bond donors (Lipinski definition) is 2. The number of aromatic nitrogens is 4.